The highest BCUT2D eigenvalue weighted by Gasteiger charge is 2.21. The van der Waals surface area contributed by atoms with Crippen molar-refractivity contribution in [1.82, 2.24) is 4.31 Å². The van der Waals surface area contributed by atoms with Crippen LogP contribution in [0.1, 0.15) is 11.1 Å². The van der Waals surface area contributed by atoms with E-state index in [1.165, 1.54) is 37.4 Å². The summed E-state index contributed by atoms with van der Waals surface area (Å²) in [7, 11) is -2.25. The number of hydrogen-bond acceptors (Lipinski definition) is 3. The van der Waals surface area contributed by atoms with Crippen LogP contribution < -0.4 is 0 Å². The molecule has 0 spiro atoms. The minimum Gasteiger partial charge on any atom is -0.392 e. The maximum Gasteiger partial charge on any atom is 0.243 e. The van der Waals surface area contributed by atoms with Gasteiger partial charge < -0.3 is 5.11 Å². The van der Waals surface area contributed by atoms with Crippen LogP contribution >= 0.6 is 0 Å². The summed E-state index contributed by atoms with van der Waals surface area (Å²) in [6.45, 7) is -0.152. The summed E-state index contributed by atoms with van der Waals surface area (Å²) in [6, 6.07) is 11.9. The second-order valence-electron chi connectivity index (χ2n) is 4.70. The molecule has 4 nitrogen and oxygen atoms in total. The molecule has 0 atom stereocenters. The van der Waals surface area contributed by atoms with Gasteiger partial charge in [0.05, 0.1) is 11.5 Å². The molecule has 2 rings (SSSR count). The van der Waals surface area contributed by atoms with Crippen molar-refractivity contribution < 1.29 is 17.9 Å². The quantitative estimate of drug-likeness (QED) is 0.920. The van der Waals surface area contributed by atoms with E-state index < -0.39 is 15.8 Å². The van der Waals surface area contributed by atoms with E-state index in [4.69, 9.17) is 5.11 Å². The van der Waals surface area contributed by atoms with Crippen LogP contribution in [0.3, 0.4) is 0 Å². The Balaban J connectivity index is 2.26. The SMILES string of the molecule is CN(Cc1cccc(F)c1)S(=O)(=O)c1cccc(CO)c1. The molecule has 2 aromatic rings. The van der Waals surface area contributed by atoms with Crippen molar-refractivity contribution in [3.63, 3.8) is 0 Å². The maximum atomic E-state index is 13.1. The fourth-order valence-corrected chi connectivity index (χ4v) is 3.19. The van der Waals surface area contributed by atoms with E-state index >= 15 is 0 Å². The van der Waals surface area contributed by atoms with E-state index in [1.54, 1.807) is 18.2 Å². The van der Waals surface area contributed by atoms with Gasteiger partial charge in [-0.15, -0.1) is 0 Å². The van der Waals surface area contributed by atoms with Gasteiger partial charge in [-0.05, 0) is 35.4 Å². The number of aliphatic hydroxyl groups excluding tert-OH is 1. The van der Waals surface area contributed by atoms with E-state index in [2.05, 4.69) is 0 Å². The monoisotopic (exact) mass is 309 g/mol. The normalized spacial score (nSPS) is 11.8. The Bertz CT molecular complexity index is 731. The molecule has 0 saturated carbocycles. The Morgan fingerprint density at radius 2 is 1.76 bits per heavy atom. The third kappa shape index (κ3) is 3.66. The average molecular weight is 309 g/mol. The first-order chi connectivity index (χ1) is 9.93. The van der Waals surface area contributed by atoms with Crippen molar-refractivity contribution in [1.29, 1.82) is 0 Å². The Kier molecular flexibility index (Phi) is 4.72. The van der Waals surface area contributed by atoms with Crippen LogP contribution in [-0.2, 0) is 23.2 Å². The first kappa shape index (κ1) is 15.6. The van der Waals surface area contributed by atoms with Crippen molar-refractivity contribution in [2.24, 2.45) is 0 Å². The van der Waals surface area contributed by atoms with Gasteiger partial charge in [0, 0.05) is 13.6 Å². The van der Waals surface area contributed by atoms with Gasteiger partial charge in [-0.2, -0.15) is 4.31 Å². The molecule has 0 aliphatic rings. The molecular formula is C15H16FNO3S. The lowest BCUT2D eigenvalue weighted by Gasteiger charge is -2.17. The molecule has 1 N–H and O–H groups in total. The summed E-state index contributed by atoms with van der Waals surface area (Å²) < 4.78 is 39.2. The van der Waals surface area contributed by atoms with Crippen molar-refractivity contribution in [2.45, 2.75) is 18.0 Å². The summed E-state index contributed by atoms with van der Waals surface area (Å²) in [5.74, 6) is -0.402. The Morgan fingerprint density at radius 3 is 2.43 bits per heavy atom. The number of sulfonamides is 1. The zero-order valence-corrected chi connectivity index (χ0v) is 12.3. The number of hydrogen-bond donors (Lipinski definition) is 1. The van der Waals surface area contributed by atoms with E-state index in [0.717, 1.165) is 4.31 Å². The number of benzene rings is 2. The van der Waals surface area contributed by atoms with E-state index in [1.807, 2.05) is 0 Å². The second-order valence-corrected chi connectivity index (χ2v) is 6.74. The molecule has 0 radical (unpaired) electrons. The molecule has 0 heterocycles. The first-order valence-electron chi connectivity index (χ1n) is 6.34. The third-order valence-corrected chi connectivity index (χ3v) is 4.88. The Morgan fingerprint density at radius 1 is 1.10 bits per heavy atom. The van der Waals surface area contributed by atoms with Crippen LogP contribution in [-0.4, -0.2) is 24.9 Å². The predicted octanol–water partition coefficient (Wildman–Crippen LogP) is 2.14. The molecule has 112 valence electrons. The molecule has 0 fully saturated rings. The smallest absolute Gasteiger partial charge is 0.243 e. The predicted molar refractivity (Wildman–Crippen MR) is 77.4 cm³/mol. The fraction of sp³-hybridized carbons (Fsp3) is 0.200. The summed E-state index contributed by atoms with van der Waals surface area (Å²) in [6.07, 6.45) is 0. The zero-order chi connectivity index (χ0) is 15.5. The van der Waals surface area contributed by atoms with Gasteiger partial charge in [-0.3, -0.25) is 0 Å². The van der Waals surface area contributed by atoms with Gasteiger partial charge in [0.2, 0.25) is 10.0 Å². The lowest BCUT2D eigenvalue weighted by atomic mass is 10.2. The summed E-state index contributed by atoms with van der Waals surface area (Å²) >= 11 is 0. The summed E-state index contributed by atoms with van der Waals surface area (Å²) in [4.78, 5) is 0.105. The highest BCUT2D eigenvalue weighted by atomic mass is 32.2. The Hall–Kier alpha value is -1.76. The van der Waals surface area contributed by atoms with E-state index in [-0.39, 0.29) is 18.0 Å². The largest absolute Gasteiger partial charge is 0.392 e. The highest BCUT2D eigenvalue weighted by Crippen LogP contribution is 2.18. The highest BCUT2D eigenvalue weighted by molar-refractivity contribution is 7.89. The van der Waals surface area contributed by atoms with Crippen LogP contribution in [0.25, 0.3) is 0 Å². The second kappa shape index (κ2) is 6.34. The molecule has 21 heavy (non-hydrogen) atoms. The molecule has 0 bridgehead atoms. The van der Waals surface area contributed by atoms with Crippen LogP contribution in [0.5, 0.6) is 0 Å². The average Bonchev–Trinajstić information content (AvgIpc) is 2.47. The molecule has 0 unspecified atom stereocenters. The van der Waals surface area contributed by atoms with Gasteiger partial charge in [0.25, 0.3) is 0 Å². The number of aliphatic hydroxyl groups is 1. The minimum absolute atomic E-state index is 0.0729. The van der Waals surface area contributed by atoms with Gasteiger partial charge in [0.15, 0.2) is 0 Å². The number of rotatable bonds is 5. The van der Waals surface area contributed by atoms with E-state index in [9.17, 15) is 12.8 Å². The van der Waals surface area contributed by atoms with Gasteiger partial charge in [0.1, 0.15) is 5.82 Å². The maximum absolute atomic E-state index is 13.1. The van der Waals surface area contributed by atoms with Crippen molar-refractivity contribution in [2.75, 3.05) is 7.05 Å². The molecule has 0 aromatic heterocycles. The topological polar surface area (TPSA) is 57.6 Å². The lowest BCUT2D eigenvalue weighted by molar-refractivity contribution is 0.281. The number of nitrogens with zero attached hydrogens (tertiary/aromatic N) is 1. The summed E-state index contributed by atoms with van der Waals surface area (Å²) in [5.41, 5.74) is 1.09. The van der Waals surface area contributed by atoms with Crippen molar-refractivity contribution in [3.8, 4) is 0 Å². The molecule has 0 saturated heterocycles. The third-order valence-electron chi connectivity index (χ3n) is 3.08. The van der Waals surface area contributed by atoms with E-state index in [0.29, 0.717) is 11.1 Å². The molecule has 2 aromatic carbocycles. The van der Waals surface area contributed by atoms with Crippen LogP contribution in [0.4, 0.5) is 4.39 Å². The minimum atomic E-state index is -3.68. The molecule has 0 aliphatic carbocycles. The molecule has 0 amide bonds. The molecular weight excluding hydrogens is 293 g/mol. The molecule has 0 aliphatic heterocycles. The first-order valence-corrected chi connectivity index (χ1v) is 7.78. The number of halogens is 1. The standard InChI is InChI=1S/C15H16FNO3S/c1-17(10-12-4-2-6-14(16)8-12)21(19,20)15-7-3-5-13(9-15)11-18/h2-9,18H,10-11H2,1H3. The van der Waals surface area contributed by atoms with Gasteiger partial charge in [-0.1, -0.05) is 24.3 Å². The fourth-order valence-electron chi connectivity index (χ4n) is 1.96. The van der Waals surface area contributed by atoms with Crippen LogP contribution in [0, 0.1) is 5.82 Å². The Labute approximate surface area is 123 Å². The van der Waals surface area contributed by atoms with Crippen LogP contribution in [0.2, 0.25) is 0 Å². The van der Waals surface area contributed by atoms with Crippen molar-refractivity contribution in [3.05, 3.63) is 65.5 Å². The lowest BCUT2D eigenvalue weighted by Crippen LogP contribution is -2.26. The molecule has 6 heteroatoms. The van der Waals surface area contributed by atoms with Gasteiger partial charge >= 0.3 is 0 Å². The summed E-state index contributed by atoms with van der Waals surface area (Å²) in [5, 5.41) is 9.08. The zero-order valence-electron chi connectivity index (χ0n) is 11.5. The van der Waals surface area contributed by atoms with Gasteiger partial charge in [-0.25, -0.2) is 12.8 Å². The van der Waals surface area contributed by atoms with Crippen LogP contribution in [0.15, 0.2) is 53.4 Å². The van der Waals surface area contributed by atoms with Crippen molar-refractivity contribution >= 4 is 10.0 Å².